The number of hydrogen-bond donors (Lipinski definition) is 1. The first-order chi connectivity index (χ1) is 14.1. The first kappa shape index (κ1) is 19.6. The summed E-state index contributed by atoms with van der Waals surface area (Å²) in [6, 6.07) is 12.2. The Balaban J connectivity index is 1.56. The van der Waals surface area contributed by atoms with Crippen LogP contribution in [0.1, 0.15) is 76.7 Å². The third-order valence-electron chi connectivity index (χ3n) is 5.86. The van der Waals surface area contributed by atoms with Gasteiger partial charge >= 0.3 is 5.97 Å². The van der Waals surface area contributed by atoms with Crippen molar-refractivity contribution in [2.75, 3.05) is 6.61 Å². The zero-order chi connectivity index (χ0) is 20.2. The molecule has 0 heterocycles. The molecule has 1 fully saturated rings. The van der Waals surface area contributed by atoms with E-state index in [1.807, 2.05) is 18.2 Å². The fourth-order valence-electron chi connectivity index (χ4n) is 4.21. The lowest BCUT2D eigenvalue weighted by Crippen LogP contribution is -2.19. The number of carboxylic acid groups (broad SMARTS) is 1. The molecule has 152 valence electrons. The summed E-state index contributed by atoms with van der Waals surface area (Å²) in [6.07, 6.45) is 6.62. The first-order valence-electron chi connectivity index (χ1n) is 10.4. The molecule has 4 rings (SSSR count). The van der Waals surface area contributed by atoms with Crippen LogP contribution in [0.15, 0.2) is 42.5 Å². The van der Waals surface area contributed by atoms with Gasteiger partial charge < -0.3 is 14.6 Å². The van der Waals surface area contributed by atoms with Crippen molar-refractivity contribution in [2.24, 2.45) is 5.92 Å². The van der Waals surface area contributed by atoms with Gasteiger partial charge in [0.05, 0.1) is 12.2 Å². The number of aryl methyl sites for hydroxylation is 1. The van der Waals surface area contributed by atoms with Crippen molar-refractivity contribution >= 4 is 11.8 Å². The second-order valence-electron chi connectivity index (χ2n) is 7.96. The highest BCUT2D eigenvalue weighted by molar-refractivity contribution is 6.00. The predicted molar refractivity (Wildman–Crippen MR) is 108 cm³/mol. The van der Waals surface area contributed by atoms with Crippen molar-refractivity contribution in [3.8, 4) is 5.75 Å². The maximum atomic E-state index is 12.1. The summed E-state index contributed by atoms with van der Waals surface area (Å²) in [5.41, 5.74) is 2.62. The van der Waals surface area contributed by atoms with Crippen molar-refractivity contribution in [3.63, 3.8) is 0 Å². The van der Waals surface area contributed by atoms with Gasteiger partial charge in [-0.15, -0.1) is 0 Å². The molecule has 2 aromatic carbocycles. The zero-order valence-electron chi connectivity index (χ0n) is 16.4. The maximum absolute atomic E-state index is 12.1. The first-order valence-corrected chi connectivity index (χ1v) is 10.4. The van der Waals surface area contributed by atoms with Gasteiger partial charge in [0, 0.05) is 17.5 Å². The average Bonchev–Trinajstić information content (AvgIpc) is 3.12. The molecule has 0 spiro atoms. The summed E-state index contributed by atoms with van der Waals surface area (Å²) >= 11 is 0. The second-order valence-corrected chi connectivity index (χ2v) is 7.96. The topological polar surface area (TPSA) is 72.8 Å². The highest BCUT2D eigenvalue weighted by Crippen LogP contribution is 2.31. The van der Waals surface area contributed by atoms with Crippen LogP contribution < -0.4 is 4.74 Å². The van der Waals surface area contributed by atoms with Crippen LogP contribution >= 0.6 is 0 Å². The normalized spacial score (nSPS) is 17.7. The van der Waals surface area contributed by atoms with Crippen LogP contribution in [0.4, 0.5) is 0 Å². The van der Waals surface area contributed by atoms with E-state index in [2.05, 4.69) is 0 Å². The van der Waals surface area contributed by atoms with Crippen molar-refractivity contribution in [3.05, 3.63) is 64.7 Å². The Kier molecular flexibility index (Phi) is 5.95. The summed E-state index contributed by atoms with van der Waals surface area (Å²) < 4.78 is 12.3. The Hall–Kier alpha value is -2.66. The Labute approximate surface area is 170 Å². The molecule has 1 atom stereocenters. The van der Waals surface area contributed by atoms with E-state index in [0.717, 1.165) is 24.8 Å². The lowest BCUT2D eigenvalue weighted by molar-refractivity contribution is -0.0981. The summed E-state index contributed by atoms with van der Waals surface area (Å²) in [4.78, 5) is 23.5. The van der Waals surface area contributed by atoms with Crippen molar-refractivity contribution in [1.29, 1.82) is 0 Å². The number of fused-ring (bicyclic) bond motifs is 1. The van der Waals surface area contributed by atoms with Gasteiger partial charge in [-0.2, -0.15) is 0 Å². The lowest BCUT2D eigenvalue weighted by Gasteiger charge is -2.26. The van der Waals surface area contributed by atoms with E-state index in [-0.39, 0.29) is 11.3 Å². The van der Waals surface area contributed by atoms with Gasteiger partial charge in [-0.1, -0.05) is 37.5 Å². The highest BCUT2D eigenvalue weighted by Gasteiger charge is 2.23. The molecule has 2 aliphatic rings. The predicted octanol–water partition coefficient (Wildman–Crippen LogP) is 5.19. The van der Waals surface area contributed by atoms with Crippen molar-refractivity contribution in [1.82, 2.24) is 0 Å². The summed E-state index contributed by atoms with van der Waals surface area (Å²) in [5, 5.41) is 9.33. The van der Waals surface area contributed by atoms with E-state index in [1.165, 1.54) is 19.3 Å². The van der Waals surface area contributed by atoms with E-state index in [4.69, 9.17) is 9.47 Å². The quantitative estimate of drug-likeness (QED) is 0.655. The molecule has 0 amide bonds. The maximum Gasteiger partial charge on any atom is 0.335 e. The second kappa shape index (κ2) is 8.78. The van der Waals surface area contributed by atoms with E-state index in [9.17, 15) is 14.7 Å². The summed E-state index contributed by atoms with van der Waals surface area (Å²) in [6.45, 7) is 0.575. The average molecular weight is 394 g/mol. The van der Waals surface area contributed by atoms with Gasteiger partial charge in [0.2, 0.25) is 6.29 Å². The van der Waals surface area contributed by atoms with Crippen LogP contribution in [0.25, 0.3) is 0 Å². The molecule has 0 aromatic heterocycles. The Bertz CT molecular complexity index is 898. The molecule has 0 radical (unpaired) electrons. The molecule has 29 heavy (non-hydrogen) atoms. The monoisotopic (exact) mass is 394 g/mol. The standard InChI is InChI=1S/C24H26O5/c25-22-12-10-17-9-11-20(14-21(17)22)29-24(28-15-16-5-2-1-3-6-16)19-8-4-7-18(13-19)23(26)27/h4,7-9,11,13-14,16,24H,1-3,5-6,10,12,15H2,(H,26,27). The molecule has 2 aliphatic carbocycles. The number of Topliss-reactive ketones (excluding diaryl/α,β-unsaturated/α-hetero) is 1. The number of hydrogen-bond acceptors (Lipinski definition) is 4. The number of ether oxygens (including phenoxy) is 2. The van der Waals surface area contributed by atoms with Gasteiger partial charge in [0.25, 0.3) is 0 Å². The molecule has 1 saturated carbocycles. The summed E-state index contributed by atoms with van der Waals surface area (Å²) in [7, 11) is 0. The molecule has 5 heteroatoms. The molecule has 0 aliphatic heterocycles. The molecular weight excluding hydrogens is 368 g/mol. The van der Waals surface area contributed by atoms with Gasteiger partial charge in [-0.05, 0) is 55.0 Å². The number of aromatic carboxylic acids is 1. The molecule has 2 aromatic rings. The number of benzene rings is 2. The number of carbonyl (C=O) groups is 2. The van der Waals surface area contributed by atoms with Crippen LogP contribution in [-0.2, 0) is 11.2 Å². The molecule has 5 nitrogen and oxygen atoms in total. The van der Waals surface area contributed by atoms with Crippen LogP contribution in [0.3, 0.4) is 0 Å². The van der Waals surface area contributed by atoms with Crippen molar-refractivity contribution in [2.45, 2.75) is 51.2 Å². The molecule has 1 unspecified atom stereocenters. The lowest BCUT2D eigenvalue weighted by atomic mass is 9.90. The minimum Gasteiger partial charge on any atom is -0.478 e. The fraction of sp³-hybridized carbons (Fsp3) is 0.417. The van der Waals surface area contributed by atoms with E-state index >= 15 is 0 Å². The Morgan fingerprint density at radius 1 is 1.07 bits per heavy atom. The third kappa shape index (κ3) is 4.67. The van der Waals surface area contributed by atoms with Crippen LogP contribution in [0.2, 0.25) is 0 Å². The van der Waals surface area contributed by atoms with Gasteiger partial charge in [-0.3, -0.25) is 4.79 Å². The number of carboxylic acids is 1. The van der Waals surface area contributed by atoms with E-state index in [0.29, 0.717) is 35.8 Å². The van der Waals surface area contributed by atoms with Gasteiger partial charge in [0.1, 0.15) is 5.75 Å². The fourth-order valence-corrected chi connectivity index (χ4v) is 4.21. The van der Waals surface area contributed by atoms with Gasteiger partial charge in [-0.25, -0.2) is 4.79 Å². The summed E-state index contributed by atoms with van der Waals surface area (Å²) in [5.74, 6) is 0.214. The van der Waals surface area contributed by atoms with Crippen LogP contribution in [0, 0.1) is 5.92 Å². The highest BCUT2D eigenvalue weighted by atomic mass is 16.7. The Morgan fingerprint density at radius 2 is 1.90 bits per heavy atom. The minimum atomic E-state index is -0.985. The van der Waals surface area contributed by atoms with E-state index < -0.39 is 12.3 Å². The zero-order valence-corrected chi connectivity index (χ0v) is 16.4. The largest absolute Gasteiger partial charge is 0.478 e. The van der Waals surface area contributed by atoms with Crippen LogP contribution in [-0.4, -0.2) is 23.5 Å². The van der Waals surface area contributed by atoms with E-state index in [1.54, 1.807) is 24.3 Å². The van der Waals surface area contributed by atoms with Crippen LogP contribution in [0.5, 0.6) is 5.75 Å². The molecular formula is C24H26O5. The number of carbonyl (C=O) groups excluding carboxylic acids is 1. The van der Waals surface area contributed by atoms with Crippen molar-refractivity contribution < 1.29 is 24.2 Å². The van der Waals surface area contributed by atoms with Gasteiger partial charge in [0.15, 0.2) is 5.78 Å². The number of ketones is 1. The minimum absolute atomic E-state index is 0.137. The number of rotatable bonds is 7. The third-order valence-corrected chi connectivity index (χ3v) is 5.86. The Morgan fingerprint density at radius 3 is 2.69 bits per heavy atom. The molecule has 0 bridgehead atoms. The molecule has 0 saturated heterocycles. The smallest absolute Gasteiger partial charge is 0.335 e. The SMILES string of the molecule is O=C(O)c1cccc(C(OCC2CCCCC2)Oc2ccc3c(c2)C(=O)CC3)c1. The molecule has 1 N–H and O–H groups in total.